The number of benzene rings is 2. The van der Waals surface area contributed by atoms with Crippen LogP contribution in [0.1, 0.15) is 12.5 Å². The molecule has 2 aromatic carbocycles. The van der Waals surface area contributed by atoms with Gasteiger partial charge in [-0.1, -0.05) is 33.6 Å². The van der Waals surface area contributed by atoms with Gasteiger partial charge in [-0.2, -0.15) is 0 Å². The monoisotopic (exact) mass is 333 g/mol. The summed E-state index contributed by atoms with van der Waals surface area (Å²) >= 11 is 3.35. The largest absolute Gasteiger partial charge is 0.481 e. The lowest BCUT2D eigenvalue weighted by molar-refractivity contribution is -0.122. The van der Waals surface area contributed by atoms with Crippen molar-refractivity contribution in [2.45, 2.75) is 20.0 Å². The lowest BCUT2D eigenvalue weighted by Gasteiger charge is -2.15. The number of hydrogen-bond donors (Lipinski definition) is 1. The van der Waals surface area contributed by atoms with Gasteiger partial charge in [0.15, 0.2) is 6.10 Å². The summed E-state index contributed by atoms with van der Waals surface area (Å²) in [5.74, 6) is 0.516. The molecule has 2 aromatic rings. The summed E-state index contributed by atoms with van der Waals surface area (Å²) < 4.78 is 6.58. The molecule has 0 spiro atoms. The zero-order valence-electron chi connectivity index (χ0n) is 11.4. The third-order valence-corrected chi connectivity index (χ3v) is 3.34. The Bertz CT molecular complexity index is 578. The van der Waals surface area contributed by atoms with Gasteiger partial charge >= 0.3 is 0 Å². The van der Waals surface area contributed by atoms with Crippen molar-refractivity contribution in [2.75, 3.05) is 5.32 Å². The normalized spacial score (nSPS) is 11.8. The van der Waals surface area contributed by atoms with E-state index in [0.29, 0.717) is 5.75 Å². The minimum atomic E-state index is -0.554. The van der Waals surface area contributed by atoms with E-state index in [0.717, 1.165) is 15.7 Å². The molecule has 1 N–H and O–H groups in total. The van der Waals surface area contributed by atoms with Crippen molar-refractivity contribution in [2.24, 2.45) is 0 Å². The fourth-order valence-electron chi connectivity index (χ4n) is 1.65. The molecule has 1 amide bonds. The van der Waals surface area contributed by atoms with E-state index in [2.05, 4.69) is 21.2 Å². The second-order valence-electron chi connectivity index (χ2n) is 4.57. The predicted molar refractivity (Wildman–Crippen MR) is 84.0 cm³/mol. The van der Waals surface area contributed by atoms with Crippen LogP contribution in [0.3, 0.4) is 0 Å². The van der Waals surface area contributed by atoms with Crippen LogP contribution in [0.25, 0.3) is 0 Å². The molecule has 2 rings (SSSR count). The van der Waals surface area contributed by atoms with Crippen molar-refractivity contribution in [3.63, 3.8) is 0 Å². The van der Waals surface area contributed by atoms with E-state index in [-0.39, 0.29) is 5.91 Å². The lowest BCUT2D eigenvalue weighted by atomic mass is 10.2. The summed E-state index contributed by atoms with van der Waals surface area (Å²) in [6.45, 7) is 3.74. The van der Waals surface area contributed by atoms with Crippen LogP contribution in [0.5, 0.6) is 5.75 Å². The Morgan fingerprint density at radius 3 is 2.30 bits per heavy atom. The van der Waals surface area contributed by atoms with Crippen LogP contribution in [0, 0.1) is 6.92 Å². The number of nitrogens with one attached hydrogen (secondary N) is 1. The van der Waals surface area contributed by atoms with Crippen molar-refractivity contribution in [3.8, 4) is 5.75 Å². The number of carbonyl (C=O) groups is 1. The average molecular weight is 334 g/mol. The van der Waals surface area contributed by atoms with Crippen LogP contribution in [0.15, 0.2) is 53.0 Å². The minimum Gasteiger partial charge on any atom is -0.481 e. The molecule has 20 heavy (non-hydrogen) atoms. The smallest absolute Gasteiger partial charge is 0.265 e. The van der Waals surface area contributed by atoms with Gasteiger partial charge in [0, 0.05) is 10.2 Å². The number of rotatable bonds is 4. The zero-order valence-corrected chi connectivity index (χ0v) is 13.0. The molecule has 104 valence electrons. The van der Waals surface area contributed by atoms with E-state index in [1.807, 2.05) is 55.5 Å². The van der Waals surface area contributed by atoms with Gasteiger partial charge in [0.2, 0.25) is 0 Å². The van der Waals surface area contributed by atoms with Gasteiger partial charge < -0.3 is 10.1 Å². The highest BCUT2D eigenvalue weighted by Crippen LogP contribution is 2.16. The number of hydrogen-bond acceptors (Lipinski definition) is 2. The quantitative estimate of drug-likeness (QED) is 0.912. The molecule has 0 saturated carbocycles. The van der Waals surface area contributed by atoms with Crippen molar-refractivity contribution in [1.82, 2.24) is 0 Å². The SMILES string of the molecule is Cc1ccc(O[C@@H](C)C(=O)Nc2ccc(Br)cc2)cc1. The number of carbonyl (C=O) groups excluding carboxylic acids is 1. The topological polar surface area (TPSA) is 38.3 Å². The maximum Gasteiger partial charge on any atom is 0.265 e. The van der Waals surface area contributed by atoms with Gasteiger partial charge in [0.05, 0.1) is 0 Å². The van der Waals surface area contributed by atoms with Gasteiger partial charge in [-0.3, -0.25) is 4.79 Å². The number of aryl methyl sites for hydroxylation is 1. The Hall–Kier alpha value is -1.81. The Balaban J connectivity index is 1.94. The molecule has 4 heteroatoms. The van der Waals surface area contributed by atoms with Crippen molar-refractivity contribution < 1.29 is 9.53 Å². The summed E-state index contributed by atoms with van der Waals surface area (Å²) in [5.41, 5.74) is 1.90. The molecular formula is C16H16BrNO2. The Kier molecular flexibility index (Phi) is 4.79. The van der Waals surface area contributed by atoms with Crippen molar-refractivity contribution >= 4 is 27.5 Å². The molecule has 0 aliphatic carbocycles. The number of ether oxygens (including phenoxy) is 1. The van der Waals surface area contributed by atoms with Gasteiger partial charge in [-0.25, -0.2) is 0 Å². The maximum absolute atomic E-state index is 12.0. The first-order valence-corrected chi connectivity index (χ1v) is 7.13. The predicted octanol–water partition coefficient (Wildman–Crippen LogP) is 4.16. The molecular weight excluding hydrogens is 318 g/mol. The molecule has 0 heterocycles. The number of anilines is 1. The summed E-state index contributed by atoms with van der Waals surface area (Å²) in [7, 11) is 0. The Morgan fingerprint density at radius 2 is 1.70 bits per heavy atom. The van der Waals surface area contributed by atoms with Gasteiger partial charge in [-0.05, 0) is 50.2 Å². The third-order valence-electron chi connectivity index (χ3n) is 2.81. The van der Waals surface area contributed by atoms with E-state index in [4.69, 9.17) is 4.74 Å². The number of amides is 1. The zero-order chi connectivity index (χ0) is 14.5. The maximum atomic E-state index is 12.0. The molecule has 0 bridgehead atoms. The van der Waals surface area contributed by atoms with Crippen LogP contribution in [-0.4, -0.2) is 12.0 Å². The molecule has 0 aromatic heterocycles. The molecule has 0 fully saturated rings. The van der Waals surface area contributed by atoms with Gasteiger partial charge in [0.25, 0.3) is 5.91 Å². The van der Waals surface area contributed by atoms with E-state index in [1.54, 1.807) is 6.92 Å². The van der Waals surface area contributed by atoms with Crippen LogP contribution in [0.4, 0.5) is 5.69 Å². The van der Waals surface area contributed by atoms with Gasteiger partial charge in [0.1, 0.15) is 5.75 Å². The van der Waals surface area contributed by atoms with Gasteiger partial charge in [-0.15, -0.1) is 0 Å². The fraction of sp³-hybridized carbons (Fsp3) is 0.188. The van der Waals surface area contributed by atoms with E-state index in [1.165, 1.54) is 0 Å². The van der Waals surface area contributed by atoms with Crippen molar-refractivity contribution in [1.29, 1.82) is 0 Å². The van der Waals surface area contributed by atoms with E-state index >= 15 is 0 Å². The molecule has 0 radical (unpaired) electrons. The van der Waals surface area contributed by atoms with Crippen LogP contribution < -0.4 is 10.1 Å². The average Bonchev–Trinajstić information content (AvgIpc) is 2.44. The first-order chi connectivity index (χ1) is 9.54. The van der Waals surface area contributed by atoms with Crippen LogP contribution in [0.2, 0.25) is 0 Å². The molecule has 1 atom stereocenters. The third kappa shape index (κ3) is 4.10. The van der Waals surface area contributed by atoms with E-state index in [9.17, 15) is 4.79 Å². The highest BCUT2D eigenvalue weighted by atomic mass is 79.9. The summed E-state index contributed by atoms with van der Waals surface area (Å²) in [4.78, 5) is 12.0. The lowest BCUT2D eigenvalue weighted by Crippen LogP contribution is -2.30. The van der Waals surface area contributed by atoms with Crippen LogP contribution in [-0.2, 0) is 4.79 Å². The minimum absolute atomic E-state index is 0.173. The van der Waals surface area contributed by atoms with E-state index < -0.39 is 6.10 Å². The summed E-state index contributed by atoms with van der Waals surface area (Å²) in [5, 5.41) is 2.82. The summed E-state index contributed by atoms with van der Waals surface area (Å²) in [6, 6.07) is 15.0. The second kappa shape index (κ2) is 6.57. The molecule has 0 aliphatic heterocycles. The fourth-order valence-corrected chi connectivity index (χ4v) is 1.92. The highest BCUT2D eigenvalue weighted by molar-refractivity contribution is 9.10. The number of halogens is 1. The molecule has 0 saturated heterocycles. The first kappa shape index (κ1) is 14.6. The first-order valence-electron chi connectivity index (χ1n) is 6.34. The van der Waals surface area contributed by atoms with Crippen LogP contribution >= 0.6 is 15.9 Å². The summed E-state index contributed by atoms with van der Waals surface area (Å²) in [6.07, 6.45) is -0.554. The second-order valence-corrected chi connectivity index (χ2v) is 5.48. The molecule has 3 nitrogen and oxygen atoms in total. The molecule has 0 unspecified atom stereocenters. The Labute approximate surface area is 127 Å². The highest BCUT2D eigenvalue weighted by Gasteiger charge is 2.14. The Morgan fingerprint density at radius 1 is 1.10 bits per heavy atom. The molecule has 0 aliphatic rings. The van der Waals surface area contributed by atoms with Crippen molar-refractivity contribution in [3.05, 3.63) is 58.6 Å². The standard InChI is InChI=1S/C16H16BrNO2/c1-11-3-9-15(10-4-11)20-12(2)16(19)18-14-7-5-13(17)6-8-14/h3-10,12H,1-2H3,(H,18,19)/t12-/m0/s1.